The van der Waals surface area contributed by atoms with E-state index in [0.717, 1.165) is 14.9 Å². The van der Waals surface area contributed by atoms with Crippen LogP contribution in [0.3, 0.4) is 0 Å². The van der Waals surface area contributed by atoms with Gasteiger partial charge in [0.25, 0.3) is 0 Å². The average Bonchev–Trinajstić information content (AvgIpc) is 2.08. The van der Waals surface area contributed by atoms with Crippen molar-refractivity contribution in [2.45, 2.75) is 0 Å². The number of nitrogen functional groups attached to an aromatic ring is 1. The average molecular weight is 324 g/mol. The van der Waals surface area contributed by atoms with Crippen molar-refractivity contribution in [1.82, 2.24) is 0 Å². The second kappa shape index (κ2) is 5.55. The summed E-state index contributed by atoms with van der Waals surface area (Å²) in [6, 6.07) is 5.84. The van der Waals surface area contributed by atoms with Gasteiger partial charge in [0.2, 0.25) is 0 Å². The summed E-state index contributed by atoms with van der Waals surface area (Å²) in [6.07, 6.45) is 1.69. The van der Waals surface area contributed by atoms with Gasteiger partial charge >= 0.3 is 0 Å². The summed E-state index contributed by atoms with van der Waals surface area (Å²) in [5.74, 6) is 0.644. The van der Waals surface area contributed by atoms with Crippen LogP contribution in [0.5, 0.6) is 0 Å². The van der Waals surface area contributed by atoms with Crippen molar-refractivity contribution in [1.29, 1.82) is 0 Å². The number of nitrogens with two attached hydrogens (primary N) is 1. The number of halogens is 1. The highest BCUT2D eigenvalue weighted by atomic mass is 127. The summed E-state index contributed by atoms with van der Waals surface area (Å²) in [5, 5.41) is 3.15. The zero-order valence-electron chi connectivity index (χ0n) is 7.92. The number of nitrogens with one attached hydrogen (secondary N) is 1. The fourth-order valence-corrected chi connectivity index (χ4v) is 1.93. The van der Waals surface area contributed by atoms with Crippen molar-refractivity contribution in [3.8, 4) is 0 Å². The van der Waals surface area contributed by atoms with Crippen LogP contribution in [-0.2, 0) is 10.8 Å². The van der Waals surface area contributed by atoms with Crippen LogP contribution in [0.15, 0.2) is 18.2 Å². The van der Waals surface area contributed by atoms with E-state index < -0.39 is 10.8 Å². The summed E-state index contributed by atoms with van der Waals surface area (Å²) in [5.41, 5.74) is 7.44. The van der Waals surface area contributed by atoms with Crippen molar-refractivity contribution in [2.24, 2.45) is 0 Å². The molecule has 3 nitrogen and oxygen atoms in total. The predicted octanol–water partition coefficient (Wildman–Crippen LogP) is 1.66. The van der Waals surface area contributed by atoms with E-state index >= 15 is 0 Å². The van der Waals surface area contributed by atoms with Crippen LogP contribution in [0, 0.1) is 3.57 Å². The quantitative estimate of drug-likeness (QED) is 0.654. The highest BCUT2D eigenvalue weighted by Gasteiger charge is 1.98. The minimum absolute atomic E-state index is 0.644. The van der Waals surface area contributed by atoms with Gasteiger partial charge in [-0.3, -0.25) is 4.21 Å². The maximum absolute atomic E-state index is 10.8. The molecule has 0 bridgehead atoms. The number of benzene rings is 1. The Labute approximate surface area is 100 Å². The van der Waals surface area contributed by atoms with E-state index in [0.29, 0.717) is 12.3 Å². The molecule has 0 spiro atoms. The van der Waals surface area contributed by atoms with Crippen LogP contribution in [-0.4, -0.2) is 22.8 Å². The van der Waals surface area contributed by atoms with E-state index in [1.165, 1.54) is 0 Å². The Kier molecular flexibility index (Phi) is 4.67. The number of anilines is 2. The van der Waals surface area contributed by atoms with E-state index in [1.54, 1.807) is 6.26 Å². The van der Waals surface area contributed by atoms with Crippen LogP contribution < -0.4 is 11.1 Å². The molecular formula is C9H13IN2OS. The first-order valence-electron chi connectivity index (χ1n) is 4.18. The lowest BCUT2D eigenvalue weighted by atomic mass is 10.3. The van der Waals surface area contributed by atoms with Crippen LogP contribution in [0.25, 0.3) is 0 Å². The summed E-state index contributed by atoms with van der Waals surface area (Å²) < 4.78 is 11.9. The number of hydrogen-bond acceptors (Lipinski definition) is 3. The standard InChI is InChI=1S/C9H13IN2OS/c1-14(13)5-4-12-9-3-2-7(10)6-8(9)11/h2-3,6,12H,4-5,11H2,1H3. The lowest BCUT2D eigenvalue weighted by molar-refractivity contribution is 0.687. The van der Waals surface area contributed by atoms with Gasteiger partial charge in [-0.05, 0) is 40.8 Å². The summed E-state index contributed by atoms with van der Waals surface area (Å²) in [6.45, 7) is 0.688. The third-order valence-electron chi connectivity index (χ3n) is 1.72. The molecule has 5 heteroatoms. The second-order valence-electron chi connectivity index (χ2n) is 2.94. The van der Waals surface area contributed by atoms with E-state index in [2.05, 4.69) is 27.9 Å². The topological polar surface area (TPSA) is 55.1 Å². The minimum Gasteiger partial charge on any atom is -0.397 e. The zero-order chi connectivity index (χ0) is 10.6. The molecule has 0 heterocycles. The van der Waals surface area contributed by atoms with Gasteiger partial charge in [-0.1, -0.05) is 0 Å². The molecule has 0 aliphatic rings. The Morgan fingerprint density at radius 3 is 2.86 bits per heavy atom. The molecule has 0 amide bonds. The van der Waals surface area contributed by atoms with E-state index in [-0.39, 0.29) is 0 Å². The summed E-state index contributed by atoms with van der Waals surface area (Å²) in [7, 11) is -0.755. The van der Waals surface area contributed by atoms with Crippen molar-refractivity contribution in [2.75, 3.05) is 29.6 Å². The molecule has 0 fully saturated rings. The molecule has 1 unspecified atom stereocenters. The van der Waals surface area contributed by atoms with Crippen molar-refractivity contribution >= 4 is 44.8 Å². The van der Waals surface area contributed by atoms with Gasteiger partial charge in [0.15, 0.2) is 0 Å². The van der Waals surface area contributed by atoms with Crippen LogP contribution in [0.2, 0.25) is 0 Å². The maximum atomic E-state index is 10.8. The normalized spacial score (nSPS) is 12.4. The molecule has 0 aromatic heterocycles. The Hall–Kier alpha value is -0.300. The Bertz CT molecular complexity index is 344. The highest BCUT2D eigenvalue weighted by molar-refractivity contribution is 14.1. The summed E-state index contributed by atoms with van der Waals surface area (Å²) in [4.78, 5) is 0. The predicted molar refractivity (Wildman–Crippen MR) is 71.0 cm³/mol. The van der Waals surface area contributed by atoms with Gasteiger partial charge in [0, 0.05) is 32.9 Å². The van der Waals surface area contributed by atoms with Gasteiger partial charge in [-0.2, -0.15) is 0 Å². The third kappa shape index (κ3) is 3.83. The Balaban J connectivity index is 2.55. The van der Waals surface area contributed by atoms with Gasteiger partial charge in [-0.25, -0.2) is 0 Å². The molecule has 0 saturated carbocycles. The molecule has 0 aliphatic carbocycles. The molecule has 0 saturated heterocycles. The number of hydrogen-bond donors (Lipinski definition) is 2. The first-order valence-corrected chi connectivity index (χ1v) is 6.99. The largest absolute Gasteiger partial charge is 0.397 e. The third-order valence-corrected chi connectivity index (χ3v) is 3.17. The molecule has 14 heavy (non-hydrogen) atoms. The smallest absolute Gasteiger partial charge is 0.0574 e. The maximum Gasteiger partial charge on any atom is 0.0574 e. The molecule has 3 N–H and O–H groups in total. The van der Waals surface area contributed by atoms with E-state index in [9.17, 15) is 4.21 Å². The summed E-state index contributed by atoms with van der Waals surface area (Å²) >= 11 is 2.21. The lowest BCUT2D eigenvalue weighted by Gasteiger charge is -2.08. The molecular weight excluding hydrogens is 311 g/mol. The molecule has 78 valence electrons. The van der Waals surface area contributed by atoms with E-state index in [4.69, 9.17) is 5.73 Å². The monoisotopic (exact) mass is 324 g/mol. The van der Waals surface area contributed by atoms with Crippen molar-refractivity contribution < 1.29 is 4.21 Å². The van der Waals surface area contributed by atoms with Gasteiger partial charge in [0.05, 0.1) is 11.4 Å². The fourth-order valence-electron chi connectivity index (χ4n) is 1.02. The van der Waals surface area contributed by atoms with E-state index in [1.807, 2.05) is 18.2 Å². The highest BCUT2D eigenvalue weighted by Crippen LogP contribution is 2.20. The van der Waals surface area contributed by atoms with Crippen LogP contribution in [0.4, 0.5) is 11.4 Å². The molecule has 1 aromatic rings. The lowest BCUT2D eigenvalue weighted by Crippen LogP contribution is -2.11. The Morgan fingerprint density at radius 2 is 2.29 bits per heavy atom. The fraction of sp³-hybridized carbons (Fsp3) is 0.333. The SMILES string of the molecule is CS(=O)CCNc1ccc(I)cc1N. The molecule has 0 aliphatic heterocycles. The van der Waals surface area contributed by atoms with Crippen LogP contribution >= 0.6 is 22.6 Å². The second-order valence-corrected chi connectivity index (χ2v) is 5.74. The first-order chi connectivity index (χ1) is 6.59. The van der Waals surface area contributed by atoms with Crippen molar-refractivity contribution in [3.63, 3.8) is 0 Å². The molecule has 1 atom stereocenters. The number of rotatable bonds is 4. The van der Waals surface area contributed by atoms with Gasteiger partial charge in [-0.15, -0.1) is 0 Å². The molecule has 0 radical (unpaired) electrons. The molecule has 1 aromatic carbocycles. The van der Waals surface area contributed by atoms with Gasteiger partial charge < -0.3 is 11.1 Å². The zero-order valence-corrected chi connectivity index (χ0v) is 10.9. The molecule has 1 rings (SSSR count). The van der Waals surface area contributed by atoms with Gasteiger partial charge in [0.1, 0.15) is 0 Å². The first kappa shape index (κ1) is 11.8. The van der Waals surface area contributed by atoms with Crippen LogP contribution in [0.1, 0.15) is 0 Å². The minimum atomic E-state index is -0.755. The van der Waals surface area contributed by atoms with Crippen molar-refractivity contribution in [3.05, 3.63) is 21.8 Å². The Morgan fingerprint density at radius 1 is 1.57 bits per heavy atom.